The van der Waals surface area contributed by atoms with Crippen LogP contribution in [0.4, 0.5) is 9.59 Å². The van der Waals surface area contributed by atoms with Crippen molar-refractivity contribution in [2.45, 2.75) is 109 Å². The minimum Gasteiger partial charge on any atom is -0.453 e. The lowest BCUT2D eigenvalue weighted by molar-refractivity contribution is -0.136. The van der Waals surface area contributed by atoms with Crippen molar-refractivity contribution >= 4 is 35.0 Å². The summed E-state index contributed by atoms with van der Waals surface area (Å²) in [4.78, 5) is 72.3. The van der Waals surface area contributed by atoms with Gasteiger partial charge in [-0.15, -0.1) is 0 Å². The van der Waals surface area contributed by atoms with Gasteiger partial charge in [-0.25, -0.2) is 19.6 Å². The number of likely N-dealkylation sites (tertiary alicyclic amines) is 2. The number of alkyl carbamates (subject to hydrolysis) is 2. The van der Waals surface area contributed by atoms with E-state index in [0.717, 1.165) is 71.6 Å². The fourth-order valence-electron chi connectivity index (χ4n) is 10.9. The largest absolute Gasteiger partial charge is 0.453 e. The lowest BCUT2D eigenvalue weighted by Crippen LogP contribution is -2.51. The molecule has 2 aromatic heterocycles. The first-order chi connectivity index (χ1) is 30.9. The molecular weight excluding hydrogens is 809 g/mol. The minimum absolute atomic E-state index is 0.103. The Hall–Kier alpha value is -6.18. The van der Waals surface area contributed by atoms with Gasteiger partial charge in [0.05, 0.1) is 49.2 Å². The molecule has 3 fully saturated rings. The molecule has 14 heteroatoms. The van der Waals surface area contributed by atoms with Gasteiger partial charge >= 0.3 is 12.2 Å². The van der Waals surface area contributed by atoms with Gasteiger partial charge in [-0.3, -0.25) is 9.59 Å². The maximum absolute atomic E-state index is 13.8. The number of carbonyl (C=O) groups excluding carboxylic acids is 4. The number of nitrogens with zero attached hydrogens (tertiary/aromatic N) is 4. The molecule has 3 aromatic carbocycles. The van der Waals surface area contributed by atoms with E-state index < -0.39 is 24.3 Å². The molecule has 336 valence electrons. The van der Waals surface area contributed by atoms with Crippen molar-refractivity contribution in [3.05, 3.63) is 83.6 Å². The first kappa shape index (κ1) is 43.1. The molecule has 0 spiro atoms. The Labute approximate surface area is 374 Å². The van der Waals surface area contributed by atoms with E-state index in [1.54, 1.807) is 0 Å². The molecule has 4 heterocycles. The van der Waals surface area contributed by atoms with E-state index in [-0.39, 0.29) is 35.7 Å². The smallest absolute Gasteiger partial charge is 0.407 e. The fraction of sp³-hybridized carbons (Fsp3) is 0.480. The van der Waals surface area contributed by atoms with Crippen molar-refractivity contribution in [1.82, 2.24) is 40.4 Å². The number of methoxy groups -OCH3 is 2. The molecule has 6 unspecified atom stereocenters. The number of hydrogen-bond acceptors (Lipinski definition) is 8. The molecule has 14 nitrogen and oxygen atoms in total. The van der Waals surface area contributed by atoms with Gasteiger partial charge in [0.25, 0.3) is 0 Å². The molecule has 2 aliphatic heterocycles. The van der Waals surface area contributed by atoms with Crippen LogP contribution in [0.3, 0.4) is 0 Å². The predicted molar refractivity (Wildman–Crippen MR) is 244 cm³/mol. The highest BCUT2D eigenvalue weighted by Gasteiger charge is 2.40. The van der Waals surface area contributed by atoms with Crippen molar-refractivity contribution in [2.75, 3.05) is 27.3 Å². The van der Waals surface area contributed by atoms with Gasteiger partial charge in [-0.05, 0) is 126 Å². The predicted octanol–water partition coefficient (Wildman–Crippen LogP) is 8.82. The Balaban J connectivity index is 0.960. The number of imidazole rings is 2. The van der Waals surface area contributed by atoms with Gasteiger partial charge in [0.1, 0.15) is 23.7 Å². The average Bonchev–Trinajstić information content (AvgIpc) is 4.16. The summed E-state index contributed by atoms with van der Waals surface area (Å²) in [6.07, 6.45) is 8.65. The van der Waals surface area contributed by atoms with Crippen LogP contribution < -0.4 is 10.6 Å². The summed E-state index contributed by atoms with van der Waals surface area (Å²) in [5.74, 6) is 2.26. The number of aromatic amines is 2. The minimum atomic E-state index is -0.687. The zero-order chi connectivity index (χ0) is 44.8. The number of rotatable bonds is 11. The highest BCUT2D eigenvalue weighted by Crippen LogP contribution is 2.52. The lowest BCUT2D eigenvalue weighted by Gasteiger charge is -2.30. The zero-order valence-electron chi connectivity index (χ0n) is 37.7. The Bertz CT molecular complexity index is 2560. The lowest BCUT2D eigenvalue weighted by atomic mass is 9.76. The van der Waals surface area contributed by atoms with Crippen LogP contribution in [0.25, 0.3) is 44.5 Å². The summed E-state index contributed by atoms with van der Waals surface area (Å²) in [7, 11) is 2.61. The number of carbonyl (C=O) groups is 4. The summed E-state index contributed by atoms with van der Waals surface area (Å²) in [6.45, 7) is 8.89. The number of hydrogen-bond donors (Lipinski definition) is 4. The monoisotopic (exact) mass is 868 g/mol. The number of aromatic nitrogens is 4. The van der Waals surface area contributed by atoms with Crippen molar-refractivity contribution in [3.63, 3.8) is 0 Å². The molecule has 64 heavy (non-hydrogen) atoms. The fourth-order valence-corrected chi connectivity index (χ4v) is 10.9. The van der Waals surface area contributed by atoms with Crippen LogP contribution in [0.2, 0.25) is 0 Å². The van der Waals surface area contributed by atoms with Crippen LogP contribution in [0, 0.1) is 17.8 Å². The van der Waals surface area contributed by atoms with Gasteiger partial charge in [-0.2, -0.15) is 0 Å². The normalized spacial score (nSPS) is 21.3. The van der Waals surface area contributed by atoms with Crippen LogP contribution in [-0.2, 0) is 25.5 Å². The van der Waals surface area contributed by atoms with Crippen molar-refractivity contribution in [3.8, 4) is 33.5 Å². The first-order valence-electron chi connectivity index (χ1n) is 23.0. The number of benzene rings is 3. The molecule has 6 atom stereocenters. The molecule has 4 amide bonds. The summed E-state index contributed by atoms with van der Waals surface area (Å²) in [6, 6.07) is 18.0. The van der Waals surface area contributed by atoms with E-state index in [2.05, 4.69) is 75.2 Å². The highest BCUT2D eigenvalue weighted by atomic mass is 16.5. The Morgan fingerprint density at radius 1 is 0.703 bits per heavy atom. The standard InChI is InChI=1S/C50H60N8O6/c1-27(2)43(55-49(61)63-5)47(59)57-21-7-9-40(57)45-51-26-39(54-45)31-15-13-30(14-16-31)35-19-18-34(36-24-29-11-12-33(23-29)42(35)36)32-17-20-37-38(25-32)53-46(52-37)41-10-8-22-58(41)48(60)44(28(3)4)56-50(62)64-6/h13-20,25-29,33,40-41,43-44H,7-12,21-24H2,1-6H3,(H,51,54)(H,52,53)(H,55,61)(H,56,62). The van der Waals surface area contributed by atoms with E-state index >= 15 is 0 Å². The van der Waals surface area contributed by atoms with E-state index in [9.17, 15) is 19.2 Å². The first-order valence-corrected chi connectivity index (χ1v) is 23.0. The van der Waals surface area contributed by atoms with Crippen molar-refractivity contribution in [1.29, 1.82) is 0 Å². The summed E-state index contributed by atoms with van der Waals surface area (Å²) in [5, 5.41) is 5.47. The van der Waals surface area contributed by atoms with Crippen LogP contribution >= 0.6 is 0 Å². The number of fused-ring (bicyclic) bond motifs is 5. The Kier molecular flexibility index (Phi) is 12.0. The van der Waals surface area contributed by atoms with Gasteiger partial charge in [0, 0.05) is 13.1 Å². The van der Waals surface area contributed by atoms with Gasteiger partial charge in [-0.1, -0.05) is 70.2 Å². The molecule has 1 saturated carbocycles. The average molecular weight is 869 g/mol. The van der Waals surface area contributed by atoms with Crippen LogP contribution in [-0.4, -0.2) is 93.1 Å². The number of ether oxygens (including phenoxy) is 2. The second kappa shape index (κ2) is 17.8. The third kappa shape index (κ3) is 8.11. The van der Waals surface area contributed by atoms with E-state index in [0.29, 0.717) is 24.9 Å². The van der Waals surface area contributed by atoms with E-state index in [4.69, 9.17) is 19.4 Å². The quantitative estimate of drug-likeness (QED) is 0.102. The maximum Gasteiger partial charge on any atom is 0.407 e. The molecule has 5 aromatic rings. The Morgan fingerprint density at radius 2 is 1.30 bits per heavy atom. The van der Waals surface area contributed by atoms with Crippen LogP contribution in [0.5, 0.6) is 0 Å². The number of nitrogens with one attached hydrogen (secondary N) is 4. The third-order valence-corrected chi connectivity index (χ3v) is 14.2. The number of amides is 4. The summed E-state index contributed by atoms with van der Waals surface area (Å²) >= 11 is 0. The van der Waals surface area contributed by atoms with Crippen LogP contribution in [0.15, 0.2) is 60.8 Å². The molecule has 0 radical (unpaired) electrons. The highest BCUT2D eigenvalue weighted by molar-refractivity contribution is 5.88. The third-order valence-electron chi connectivity index (χ3n) is 14.2. The SMILES string of the molecule is COC(=O)NC(C(=O)N1CCCC1c1ncc(-c2ccc(-c3ccc(-c4ccc5nc(C6CCCN6C(=O)C(NC(=O)OC)C(C)C)[nH]c5c4)c4c3C3CCC(C4)C3)cc2)[nH]1)C(C)C. The van der Waals surface area contributed by atoms with E-state index in [1.165, 1.54) is 61.3 Å². The molecule has 2 bridgehead atoms. The second-order valence-corrected chi connectivity index (χ2v) is 18.8. The number of H-pyrrole nitrogens is 2. The zero-order valence-corrected chi connectivity index (χ0v) is 37.7. The topological polar surface area (TPSA) is 175 Å². The van der Waals surface area contributed by atoms with E-state index in [1.807, 2.05) is 43.7 Å². The maximum atomic E-state index is 13.8. The molecule has 2 aliphatic carbocycles. The van der Waals surface area contributed by atoms with Gasteiger partial charge < -0.3 is 39.9 Å². The summed E-state index contributed by atoms with van der Waals surface area (Å²) in [5.41, 5.74) is 11.5. The molecule has 9 rings (SSSR count). The molecule has 2 saturated heterocycles. The molecule has 4 aliphatic rings. The second-order valence-electron chi connectivity index (χ2n) is 18.8. The molecular formula is C50H60N8O6. The van der Waals surface area contributed by atoms with Crippen molar-refractivity contribution in [2.24, 2.45) is 17.8 Å². The van der Waals surface area contributed by atoms with Crippen molar-refractivity contribution < 1.29 is 28.7 Å². The Morgan fingerprint density at radius 3 is 1.92 bits per heavy atom. The van der Waals surface area contributed by atoms with Gasteiger partial charge in [0.2, 0.25) is 11.8 Å². The molecule has 4 N–H and O–H groups in total. The van der Waals surface area contributed by atoms with Gasteiger partial charge in [0.15, 0.2) is 0 Å². The summed E-state index contributed by atoms with van der Waals surface area (Å²) < 4.78 is 9.62. The van der Waals surface area contributed by atoms with Crippen LogP contribution in [0.1, 0.15) is 113 Å².